The van der Waals surface area contributed by atoms with Crippen molar-refractivity contribution in [1.29, 1.82) is 0 Å². The van der Waals surface area contributed by atoms with Crippen LogP contribution in [0.1, 0.15) is 24.6 Å². The van der Waals surface area contributed by atoms with Crippen molar-refractivity contribution in [3.05, 3.63) is 47.2 Å². The predicted molar refractivity (Wildman–Crippen MR) is 86.1 cm³/mol. The molecule has 0 amide bonds. The number of nitrogens with one attached hydrogen (secondary N) is 1. The average molecular weight is 314 g/mol. The van der Waals surface area contributed by atoms with Gasteiger partial charge in [-0.05, 0) is 43.7 Å². The molecule has 112 valence electrons. The predicted octanol–water partition coefficient (Wildman–Crippen LogP) is 2.91. The number of halogens is 1. The lowest BCUT2D eigenvalue weighted by Crippen LogP contribution is -2.29. The normalized spacial score (nSPS) is 18.7. The lowest BCUT2D eigenvalue weighted by Gasteiger charge is -2.20. The highest BCUT2D eigenvalue weighted by molar-refractivity contribution is 6.30. The summed E-state index contributed by atoms with van der Waals surface area (Å²) in [5.74, 6) is 1.31. The first kappa shape index (κ1) is 13.7. The van der Waals surface area contributed by atoms with Crippen molar-refractivity contribution < 1.29 is 0 Å². The fourth-order valence-corrected chi connectivity index (χ4v) is 3.03. The zero-order chi connectivity index (χ0) is 14.9. The molecule has 0 spiro atoms. The molecular formula is C16H16ClN5. The Kier molecular flexibility index (Phi) is 3.52. The van der Waals surface area contributed by atoms with Crippen LogP contribution in [0, 0.1) is 0 Å². The first-order valence-electron chi connectivity index (χ1n) is 7.50. The molecule has 1 fully saturated rings. The first-order valence-corrected chi connectivity index (χ1v) is 7.88. The summed E-state index contributed by atoms with van der Waals surface area (Å²) in [7, 11) is 0. The quantitative estimate of drug-likeness (QED) is 0.790. The molecule has 1 saturated heterocycles. The lowest BCUT2D eigenvalue weighted by molar-refractivity contribution is 0.440. The third-order valence-corrected chi connectivity index (χ3v) is 4.34. The number of hydrogen-bond donors (Lipinski definition) is 1. The van der Waals surface area contributed by atoms with Gasteiger partial charge in [-0.15, -0.1) is 10.2 Å². The second-order valence-electron chi connectivity index (χ2n) is 5.60. The van der Waals surface area contributed by atoms with Crippen LogP contribution in [0.15, 0.2) is 36.4 Å². The summed E-state index contributed by atoms with van der Waals surface area (Å²) in [4.78, 5) is 0. The second kappa shape index (κ2) is 5.66. The van der Waals surface area contributed by atoms with Gasteiger partial charge in [0.15, 0.2) is 11.5 Å². The molecule has 5 nitrogen and oxygen atoms in total. The van der Waals surface area contributed by atoms with Gasteiger partial charge < -0.3 is 5.32 Å². The standard InChI is InChI=1S/C16H16ClN5/c17-13-5-3-11(4-6-13)14-7-8-15-19-20-16(22(15)21-14)12-2-1-9-18-10-12/h3-8,12,18H,1-2,9-10H2/t12-/m1/s1. The van der Waals surface area contributed by atoms with Gasteiger partial charge in [-0.2, -0.15) is 9.61 Å². The fraction of sp³-hybridized carbons (Fsp3) is 0.312. The molecule has 2 aromatic heterocycles. The van der Waals surface area contributed by atoms with E-state index in [9.17, 15) is 0 Å². The summed E-state index contributed by atoms with van der Waals surface area (Å²) in [5, 5.41) is 17.5. The monoisotopic (exact) mass is 313 g/mol. The Balaban J connectivity index is 1.77. The zero-order valence-corrected chi connectivity index (χ0v) is 12.8. The van der Waals surface area contributed by atoms with E-state index in [0.717, 1.165) is 53.7 Å². The topological polar surface area (TPSA) is 55.1 Å². The maximum absolute atomic E-state index is 5.95. The molecule has 3 aromatic rings. The van der Waals surface area contributed by atoms with Gasteiger partial charge in [0, 0.05) is 23.0 Å². The van der Waals surface area contributed by atoms with E-state index < -0.39 is 0 Å². The van der Waals surface area contributed by atoms with E-state index in [0.29, 0.717) is 5.92 Å². The number of hydrogen-bond acceptors (Lipinski definition) is 4. The highest BCUT2D eigenvalue weighted by Gasteiger charge is 2.21. The van der Waals surface area contributed by atoms with Crippen LogP contribution >= 0.6 is 11.6 Å². The maximum Gasteiger partial charge on any atom is 0.177 e. The van der Waals surface area contributed by atoms with Gasteiger partial charge >= 0.3 is 0 Å². The van der Waals surface area contributed by atoms with Crippen LogP contribution in [0.2, 0.25) is 5.02 Å². The van der Waals surface area contributed by atoms with E-state index in [2.05, 4.69) is 15.5 Å². The summed E-state index contributed by atoms with van der Waals surface area (Å²) in [6.45, 7) is 2.02. The highest BCUT2D eigenvalue weighted by atomic mass is 35.5. The minimum atomic E-state index is 0.372. The molecule has 0 saturated carbocycles. The minimum Gasteiger partial charge on any atom is -0.316 e. The molecule has 1 aliphatic rings. The molecule has 1 aliphatic heterocycles. The van der Waals surface area contributed by atoms with Crippen molar-refractivity contribution >= 4 is 17.2 Å². The molecule has 22 heavy (non-hydrogen) atoms. The number of piperidine rings is 1. The lowest BCUT2D eigenvalue weighted by atomic mass is 9.99. The smallest absolute Gasteiger partial charge is 0.177 e. The van der Waals surface area contributed by atoms with Gasteiger partial charge in [-0.3, -0.25) is 0 Å². The molecule has 1 N–H and O–H groups in total. The summed E-state index contributed by atoms with van der Waals surface area (Å²) in [6, 6.07) is 11.6. The Morgan fingerprint density at radius 3 is 2.73 bits per heavy atom. The van der Waals surface area contributed by atoms with Gasteiger partial charge in [0.1, 0.15) is 0 Å². The number of rotatable bonds is 2. The molecule has 1 atom stereocenters. The van der Waals surface area contributed by atoms with Crippen molar-refractivity contribution in [2.24, 2.45) is 0 Å². The van der Waals surface area contributed by atoms with Crippen LogP contribution in [0.3, 0.4) is 0 Å². The summed E-state index contributed by atoms with van der Waals surface area (Å²) in [5.41, 5.74) is 2.72. The third kappa shape index (κ3) is 2.46. The van der Waals surface area contributed by atoms with Crippen molar-refractivity contribution in [2.45, 2.75) is 18.8 Å². The Labute approximate surface area is 133 Å². The van der Waals surface area contributed by atoms with E-state index in [4.69, 9.17) is 16.7 Å². The van der Waals surface area contributed by atoms with Gasteiger partial charge in [0.25, 0.3) is 0 Å². The minimum absolute atomic E-state index is 0.372. The molecule has 4 rings (SSSR count). The molecule has 0 radical (unpaired) electrons. The third-order valence-electron chi connectivity index (χ3n) is 4.09. The molecule has 6 heteroatoms. The SMILES string of the molecule is Clc1ccc(-c2ccc3nnc([C@@H]4CCCNC4)n3n2)cc1. The Hall–Kier alpha value is -1.98. The van der Waals surface area contributed by atoms with Gasteiger partial charge in [0.2, 0.25) is 0 Å². The van der Waals surface area contributed by atoms with Crippen LogP contribution < -0.4 is 5.32 Å². The average Bonchev–Trinajstić information content (AvgIpc) is 2.99. The largest absolute Gasteiger partial charge is 0.316 e. The number of fused-ring (bicyclic) bond motifs is 1. The first-order chi connectivity index (χ1) is 10.8. The summed E-state index contributed by atoms with van der Waals surface area (Å²) < 4.78 is 1.88. The maximum atomic E-state index is 5.95. The molecule has 1 aromatic carbocycles. The van der Waals surface area contributed by atoms with Crippen LogP contribution in [0.5, 0.6) is 0 Å². The van der Waals surface area contributed by atoms with E-state index in [1.807, 2.05) is 40.9 Å². The molecule has 0 bridgehead atoms. The molecule has 3 heterocycles. The molecule has 0 aliphatic carbocycles. The Bertz CT molecular complexity index is 790. The second-order valence-corrected chi connectivity index (χ2v) is 6.03. The number of nitrogens with zero attached hydrogens (tertiary/aromatic N) is 4. The van der Waals surface area contributed by atoms with Crippen LogP contribution in [-0.2, 0) is 0 Å². The number of benzene rings is 1. The van der Waals surface area contributed by atoms with E-state index in [-0.39, 0.29) is 0 Å². The van der Waals surface area contributed by atoms with Crippen LogP contribution in [-0.4, -0.2) is 32.9 Å². The van der Waals surface area contributed by atoms with E-state index in [1.54, 1.807) is 0 Å². The van der Waals surface area contributed by atoms with E-state index >= 15 is 0 Å². The zero-order valence-electron chi connectivity index (χ0n) is 12.0. The van der Waals surface area contributed by atoms with Crippen LogP contribution in [0.25, 0.3) is 16.9 Å². The summed E-state index contributed by atoms with van der Waals surface area (Å²) in [6.07, 6.45) is 2.29. The van der Waals surface area contributed by atoms with Crippen molar-refractivity contribution in [2.75, 3.05) is 13.1 Å². The Morgan fingerprint density at radius 2 is 1.95 bits per heavy atom. The van der Waals surface area contributed by atoms with Crippen molar-refractivity contribution in [3.8, 4) is 11.3 Å². The van der Waals surface area contributed by atoms with Crippen molar-refractivity contribution in [1.82, 2.24) is 25.1 Å². The molecule has 0 unspecified atom stereocenters. The fourth-order valence-electron chi connectivity index (χ4n) is 2.91. The van der Waals surface area contributed by atoms with Gasteiger partial charge in [-0.25, -0.2) is 0 Å². The molecular weight excluding hydrogens is 298 g/mol. The summed E-state index contributed by atoms with van der Waals surface area (Å²) >= 11 is 5.95. The van der Waals surface area contributed by atoms with Gasteiger partial charge in [-0.1, -0.05) is 23.7 Å². The Morgan fingerprint density at radius 1 is 1.09 bits per heavy atom. The van der Waals surface area contributed by atoms with Crippen molar-refractivity contribution in [3.63, 3.8) is 0 Å². The van der Waals surface area contributed by atoms with E-state index in [1.165, 1.54) is 0 Å². The van der Waals surface area contributed by atoms with Gasteiger partial charge in [0.05, 0.1) is 5.69 Å². The highest BCUT2D eigenvalue weighted by Crippen LogP contribution is 2.24. The van der Waals surface area contributed by atoms with Crippen LogP contribution in [0.4, 0.5) is 0 Å². The number of aromatic nitrogens is 4.